The molecule has 1 fully saturated rings. The van der Waals surface area contributed by atoms with Crippen LogP contribution in [0.3, 0.4) is 0 Å². The summed E-state index contributed by atoms with van der Waals surface area (Å²) in [6.45, 7) is 1.78. The highest BCUT2D eigenvalue weighted by Gasteiger charge is 2.33. The molecule has 2 aliphatic rings. The van der Waals surface area contributed by atoms with Gasteiger partial charge >= 0.3 is 0 Å². The van der Waals surface area contributed by atoms with Crippen molar-refractivity contribution in [2.45, 2.75) is 25.4 Å². The van der Waals surface area contributed by atoms with Gasteiger partial charge in [-0.15, -0.1) is 0 Å². The Morgan fingerprint density at radius 3 is 2.80 bits per heavy atom. The number of amides is 2. The minimum atomic E-state index is -0.177. The SMILES string of the molecule is CN(C)Cc1nc(Nc2ccc(-c3cnn4ccc5occc5c34)c3c2C(=O)NC3)ccc1[C@H]1CCN(C)C1=O. The monoisotopic (exact) mass is 535 g/mol. The Bertz CT molecular complexity index is 1820. The molecule has 40 heavy (non-hydrogen) atoms. The number of hydrogen-bond acceptors (Lipinski definition) is 7. The molecule has 2 aliphatic heterocycles. The maximum absolute atomic E-state index is 13.1. The summed E-state index contributed by atoms with van der Waals surface area (Å²) < 4.78 is 7.45. The minimum Gasteiger partial charge on any atom is -0.464 e. The summed E-state index contributed by atoms with van der Waals surface area (Å²) in [5.41, 5.74) is 7.63. The fourth-order valence-corrected chi connectivity index (χ4v) is 6.00. The summed E-state index contributed by atoms with van der Waals surface area (Å²) in [6, 6.07) is 11.7. The minimum absolute atomic E-state index is 0.131. The predicted molar refractivity (Wildman–Crippen MR) is 151 cm³/mol. The third-order valence-electron chi connectivity index (χ3n) is 7.91. The molecule has 2 amide bonds. The largest absolute Gasteiger partial charge is 0.464 e. The van der Waals surface area contributed by atoms with Crippen molar-refractivity contribution in [1.29, 1.82) is 0 Å². The Morgan fingerprint density at radius 2 is 2.00 bits per heavy atom. The van der Waals surface area contributed by atoms with Gasteiger partial charge in [-0.05, 0) is 61.5 Å². The Hall–Kier alpha value is -4.70. The maximum Gasteiger partial charge on any atom is 0.254 e. The highest BCUT2D eigenvalue weighted by molar-refractivity contribution is 6.08. The smallest absolute Gasteiger partial charge is 0.254 e. The zero-order valence-corrected chi connectivity index (χ0v) is 22.6. The van der Waals surface area contributed by atoms with E-state index in [1.165, 1.54) is 0 Å². The average Bonchev–Trinajstić information content (AvgIpc) is 3.72. The maximum atomic E-state index is 13.1. The number of furan rings is 1. The molecule has 0 bridgehead atoms. The van der Waals surface area contributed by atoms with Gasteiger partial charge in [0.2, 0.25) is 5.91 Å². The molecule has 6 heterocycles. The van der Waals surface area contributed by atoms with E-state index in [0.717, 1.165) is 57.4 Å². The van der Waals surface area contributed by atoms with E-state index in [1.54, 1.807) is 11.2 Å². The van der Waals surface area contributed by atoms with Gasteiger partial charge in [-0.2, -0.15) is 5.10 Å². The molecule has 10 heteroatoms. The van der Waals surface area contributed by atoms with Gasteiger partial charge in [0, 0.05) is 43.8 Å². The number of fused-ring (bicyclic) bond motifs is 4. The van der Waals surface area contributed by atoms with Crippen molar-refractivity contribution in [3.63, 3.8) is 0 Å². The van der Waals surface area contributed by atoms with Crippen LogP contribution in [-0.4, -0.2) is 63.9 Å². The quantitative estimate of drug-likeness (QED) is 0.337. The van der Waals surface area contributed by atoms with Gasteiger partial charge in [0.05, 0.1) is 40.8 Å². The normalized spacial score (nSPS) is 16.9. The van der Waals surface area contributed by atoms with Crippen LogP contribution in [0, 0.1) is 0 Å². The van der Waals surface area contributed by atoms with E-state index in [4.69, 9.17) is 9.40 Å². The number of rotatable bonds is 6. The van der Waals surface area contributed by atoms with Crippen molar-refractivity contribution in [1.82, 2.24) is 29.7 Å². The molecular formula is C30H29N7O3. The fourth-order valence-electron chi connectivity index (χ4n) is 6.00. The molecule has 1 saturated heterocycles. The van der Waals surface area contributed by atoms with Crippen molar-refractivity contribution in [3.8, 4) is 11.1 Å². The van der Waals surface area contributed by atoms with Gasteiger partial charge in [-0.1, -0.05) is 12.1 Å². The van der Waals surface area contributed by atoms with Gasteiger partial charge in [0.25, 0.3) is 5.91 Å². The number of benzene rings is 1. The first-order valence-corrected chi connectivity index (χ1v) is 13.3. The standard InChI is InChI=1S/C30H29N7O3/c1-35(2)16-24-18(19-8-11-36(3)30(19)39)5-7-26(34-24)33-23-6-4-17(21-14-31-29(38)27(21)23)22-15-32-37-12-9-25-20(28(22)37)10-13-40-25/h4-7,9-10,12-13,15,19H,8,11,14,16H2,1-3H3,(H,31,38)(H,33,34)/t19-/m1/s1. The second-order valence-electron chi connectivity index (χ2n) is 10.8. The first-order chi connectivity index (χ1) is 19.4. The first kappa shape index (κ1) is 24.3. The van der Waals surface area contributed by atoms with Crippen molar-refractivity contribution < 1.29 is 14.0 Å². The Balaban J connectivity index is 1.29. The molecule has 0 radical (unpaired) electrons. The van der Waals surface area contributed by atoms with Crippen molar-refractivity contribution in [2.75, 3.05) is 33.0 Å². The van der Waals surface area contributed by atoms with E-state index in [2.05, 4.69) is 15.7 Å². The summed E-state index contributed by atoms with van der Waals surface area (Å²) in [5.74, 6) is 0.454. The zero-order chi connectivity index (χ0) is 27.5. The number of carbonyl (C=O) groups is 2. The molecule has 0 unspecified atom stereocenters. The molecule has 5 aromatic rings. The van der Waals surface area contributed by atoms with Crippen molar-refractivity contribution in [3.05, 3.63) is 77.4 Å². The number of aromatic nitrogens is 3. The van der Waals surface area contributed by atoms with E-state index < -0.39 is 0 Å². The molecule has 1 atom stereocenters. The summed E-state index contributed by atoms with van der Waals surface area (Å²) in [5, 5.41) is 11.9. The molecule has 2 N–H and O–H groups in total. The van der Waals surface area contributed by atoms with Crippen LogP contribution in [0.4, 0.5) is 11.5 Å². The van der Waals surface area contributed by atoms with Gasteiger partial charge in [0.1, 0.15) is 11.4 Å². The molecule has 0 saturated carbocycles. The van der Waals surface area contributed by atoms with Crippen LogP contribution in [0.2, 0.25) is 0 Å². The lowest BCUT2D eigenvalue weighted by atomic mass is 9.95. The molecule has 1 aromatic carbocycles. The predicted octanol–water partition coefficient (Wildman–Crippen LogP) is 4.14. The number of nitrogens with zero attached hydrogens (tertiary/aromatic N) is 5. The van der Waals surface area contributed by atoms with Gasteiger partial charge in [-0.3, -0.25) is 9.59 Å². The van der Waals surface area contributed by atoms with Crippen LogP contribution in [0.15, 0.2) is 59.5 Å². The molecule has 202 valence electrons. The summed E-state index contributed by atoms with van der Waals surface area (Å²) in [4.78, 5) is 34.6. The third-order valence-corrected chi connectivity index (χ3v) is 7.91. The molecule has 7 rings (SSSR count). The lowest BCUT2D eigenvalue weighted by Gasteiger charge is -2.19. The van der Waals surface area contributed by atoms with Gasteiger partial charge < -0.3 is 24.9 Å². The van der Waals surface area contributed by atoms with E-state index in [9.17, 15) is 9.59 Å². The van der Waals surface area contributed by atoms with Crippen molar-refractivity contribution >= 4 is 39.8 Å². The fraction of sp³-hybridized carbons (Fsp3) is 0.267. The summed E-state index contributed by atoms with van der Waals surface area (Å²) in [7, 11) is 5.82. The molecular weight excluding hydrogens is 506 g/mol. The van der Waals surface area contributed by atoms with E-state index in [0.29, 0.717) is 30.2 Å². The molecule has 0 spiro atoms. The van der Waals surface area contributed by atoms with E-state index >= 15 is 0 Å². The van der Waals surface area contributed by atoms with Crippen LogP contribution in [0.25, 0.3) is 27.6 Å². The number of anilines is 2. The number of hydrogen-bond donors (Lipinski definition) is 2. The van der Waals surface area contributed by atoms with Crippen molar-refractivity contribution in [2.24, 2.45) is 0 Å². The third kappa shape index (κ3) is 3.83. The molecule has 10 nitrogen and oxygen atoms in total. The van der Waals surface area contributed by atoms with E-state index in [-0.39, 0.29) is 17.7 Å². The highest BCUT2D eigenvalue weighted by atomic mass is 16.3. The topological polar surface area (TPSA) is 108 Å². The number of pyridine rings is 2. The second kappa shape index (κ2) is 9.20. The van der Waals surface area contributed by atoms with Crippen LogP contribution >= 0.6 is 0 Å². The Labute approximate surface area is 230 Å². The number of likely N-dealkylation sites (N-methyl/N-ethyl adjacent to an activating group) is 1. The van der Waals surface area contributed by atoms with Crippen LogP contribution in [0.1, 0.15) is 39.5 Å². The Morgan fingerprint density at radius 1 is 1.12 bits per heavy atom. The zero-order valence-electron chi connectivity index (χ0n) is 22.6. The summed E-state index contributed by atoms with van der Waals surface area (Å²) >= 11 is 0. The van der Waals surface area contributed by atoms with Crippen LogP contribution in [-0.2, 0) is 17.9 Å². The van der Waals surface area contributed by atoms with Gasteiger partial charge in [-0.25, -0.2) is 9.50 Å². The molecule has 0 aliphatic carbocycles. The number of carbonyl (C=O) groups excluding carboxylic acids is 2. The average molecular weight is 536 g/mol. The lowest BCUT2D eigenvalue weighted by Crippen LogP contribution is -2.23. The number of likely N-dealkylation sites (tertiary alicyclic amines) is 1. The van der Waals surface area contributed by atoms with Crippen LogP contribution in [0.5, 0.6) is 0 Å². The van der Waals surface area contributed by atoms with Crippen LogP contribution < -0.4 is 10.6 Å². The lowest BCUT2D eigenvalue weighted by molar-refractivity contribution is -0.127. The Kier molecular flexibility index (Phi) is 5.60. The second-order valence-corrected chi connectivity index (χ2v) is 10.8. The first-order valence-electron chi connectivity index (χ1n) is 13.3. The summed E-state index contributed by atoms with van der Waals surface area (Å²) in [6.07, 6.45) is 6.17. The molecule has 4 aromatic heterocycles. The van der Waals surface area contributed by atoms with E-state index in [1.807, 2.05) is 79.4 Å². The highest BCUT2D eigenvalue weighted by Crippen LogP contribution is 2.39. The number of nitrogens with one attached hydrogen (secondary N) is 2. The van der Waals surface area contributed by atoms with Gasteiger partial charge in [0.15, 0.2) is 0 Å².